The number of nitrogens with zero attached hydrogens (tertiary/aromatic N) is 2. The van der Waals surface area contributed by atoms with E-state index in [0.717, 1.165) is 25.7 Å². The number of H-pyrrole nitrogens is 1. The number of amides is 2. The van der Waals surface area contributed by atoms with E-state index in [0.29, 0.717) is 37.1 Å². The quantitative estimate of drug-likeness (QED) is 0.845. The highest BCUT2D eigenvalue weighted by atomic mass is 35.5. The van der Waals surface area contributed by atoms with Crippen LogP contribution in [0.4, 0.5) is 4.39 Å². The van der Waals surface area contributed by atoms with Crippen LogP contribution in [0.1, 0.15) is 42.6 Å². The summed E-state index contributed by atoms with van der Waals surface area (Å²) in [5, 5.41) is 0.751. The van der Waals surface area contributed by atoms with Crippen molar-refractivity contribution < 1.29 is 14.0 Å². The van der Waals surface area contributed by atoms with Gasteiger partial charge >= 0.3 is 0 Å². The highest BCUT2D eigenvalue weighted by Crippen LogP contribution is 2.30. The molecule has 2 aliphatic rings. The van der Waals surface area contributed by atoms with Crippen molar-refractivity contribution in [3.63, 3.8) is 0 Å². The van der Waals surface area contributed by atoms with Gasteiger partial charge in [0.25, 0.3) is 5.91 Å². The third-order valence-corrected chi connectivity index (χ3v) is 6.14. The molecule has 5 nitrogen and oxygen atoms in total. The Morgan fingerprint density at radius 1 is 1.04 bits per heavy atom. The van der Waals surface area contributed by atoms with Crippen LogP contribution in [-0.2, 0) is 4.79 Å². The molecule has 1 saturated heterocycles. The third kappa shape index (κ3) is 3.55. The van der Waals surface area contributed by atoms with Crippen molar-refractivity contribution in [3.8, 4) is 0 Å². The zero-order valence-corrected chi connectivity index (χ0v) is 15.9. The van der Waals surface area contributed by atoms with Crippen LogP contribution in [0.15, 0.2) is 18.2 Å². The Balaban J connectivity index is 1.43. The van der Waals surface area contributed by atoms with Gasteiger partial charge < -0.3 is 14.8 Å². The van der Waals surface area contributed by atoms with Crippen LogP contribution in [0, 0.1) is 11.7 Å². The maximum Gasteiger partial charge on any atom is 0.271 e. The largest absolute Gasteiger partial charge is 0.349 e. The maximum absolute atomic E-state index is 13.4. The van der Waals surface area contributed by atoms with E-state index in [-0.39, 0.29) is 28.4 Å². The number of carbonyl (C=O) groups excluding carboxylic acids is 2. The maximum atomic E-state index is 13.4. The Morgan fingerprint density at radius 3 is 2.41 bits per heavy atom. The van der Waals surface area contributed by atoms with Crippen LogP contribution < -0.4 is 0 Å². The summed E-state index contributed by atoms with van der Waals surface area (Å²) in [6, 6.07) is 4.24. The standard InChI is InChI=1S/C20H23ClFN3O2/c21-17-15-12-14(22)6-7-16(15)23-18(17)20(27)25-10-8-24(9-11-25)19(26)13-4-2-1-3-5-13/h6-7,12-13,23H,1-5,8-11H2. The SMILES string of the molecule is O=C(c1[nH]c2ccc(F)cc2c1Cl)N1CCN(C(=O)C2CCCCC2)CC1. The minimum atomic E-state index is -0.391. The number of aromatic amines is 1. The van der Waals surface area contributed by atoms with Crippen LogP contribution in [-0.4, -0.2) is 52.8 Å². The number of carbonyl (C=O) groups is 2. The molecule has 2 heterocycles. The molecule has 27 heavy (non-hydrogen) atoms. The molecule has 1 aromatic heterocycles. The van der Waals surface area contributed by atoms with Gasteiger partial charge in [-0.3, -0.25) is 9.59 Å². The van der Waals surface area contributed by atoms with E-state index in [9.17, 15) is 14.0 Å². The van der Waals surface area contributed by atoms with Gasteiger partial charge in [-0.2, -0.15) is 0 Å². The summed E-state index contributed by atoms with van der Waals surface area (Å²) in [4.78, 5) is 32.1. The number of hydrogen-bond acceptors (Lipinski definition) is 2. The molecule has 2 fully saturated rings. The molecule has 1 aromatic carbocycles. The number of rotatable bonds is 2. The lowest BCUT2D eigenvalue weighted by atomic mass is 9.88. The van der Waals surface area contributed by atoms with Crippen molar-refractivity contribution in [1.29, 1.82) is 0 Å². The van der Waals surface area contributed by atoms with Crippen molar-refractivity contribution in [3.05, 3.63) is 34.7 Å². The van der Waals surface area contributed by atoms with Crippen molar-refractivity contribution in [2.45, 2.75) is 32.1 Å². The lowest BCUT2D eigenvalue weighted by Gasteiger charge is -2.37. The normalized spacial score (nSPS) is 18.9. The fraction of sp³-hybridized carbons (Fsp3) is 0.500. The molecule has 0 bridgehead atoms. The Bertz CT molecular complexity index is 867. The first-order valence-electron chi connectivity index (χ1n) is 9.59. The molecule has 1 aliphatic carbocycles. The Hall–Kier alpha value is -2.08. The molecule has 4 rings (SSSR count). The fourth-order valence-electron chi connectivity index (χ4n) is 4.17. The number of nitrogens with one attached hydrogen (secondary N) is 1. The summed E-state index contributed by atoms with van der Waals surface area (Å²) < 4.78 is 13.4. The van der Waals surface area contributed by atoms with Gasteiger partial charge in [-0.1, -0.05) is 30.9 Å². The average molecular weight is 392 g/mol. The highest BCUT2D eigenvalue weighted by Gasteiger charge is 2.31. The topological polar surface area (TPSA) is 56.4 Å². The predicted octanol–water partition coefficient (Wildman–Crippen LogP) is 3.83. The minimum absolute atomic E-state index is 0.152. The molecular formula is C20H23ClFN3O2. The second-order valence-corrected chi connectivity index (χ2v) is 7.83. The van der Waals surface area contributed by atoms with Crippen molar-refractivity contribution in [2.24, 2.45) is 5.92 Å². The first-order valence-corrected chi connectivity index (χ1v) is 9.97. The van der Waals surface area contributed by atoms with E-state index in [2.05, 4.69) is 4.98 Å². The molecule has 0 spiro atoms. The van der Waals surface area contributed by atoms with Crippen LogP contribution >= 0.6 is 11.6 Å². The zero-order chi connectivity index (χ0) is 19.0. The van der Waals surface area contributed by atoms with E-state index in [1.165, 1.54) is 18.6 Å². The second kappa shape index (κ2) is 7.50. The van der Waals surface area contributed by atoms with Gasteiger partial charge in [-0.05, 0) is 31.0 Å². The van der Waals surface area contributed by atoms with E-state index in [1.807, 2.05) is 4.90 Å². The van der Waals surface area contributed by atoms with Gasteiger partial charge in [0, 0.05) is 43.0 Å². The summed E-state index contributed by atoms with van der Waals surface area (Å²) in [5.74, 6) is -0.210. The van der Waals surface area contributed by atoms with E-state index < -0.39 is 5.82 Å². The van der Waals surface area contributed by atoms with Gasteiger partial charge in [-0.15, -0.1) is 0 Å². The number of fused-ring (bicyclic) bond motifs is 1. The van der Waals surface area contributed by atoms with E-state index >= 15 is 0 Å². The number of aromatic nitrogens is 1. The number of halogens is 2. The molecule has 0 radical (unpaired) electrons. The molecule has 2 amide bonds. The van der Waals surface area contributed by atoms with Crippen LogP contribution in [0.5, 0.6) is 0 Å². The van der Waals surface area contributed by atoms with Crippen molar-refractivity contribution in [2.75, 3.05) is 26.2 Å². The van der Waals surface area contributed by atoms with E-state index in [1.54, 1.807) is 11.0 Å². The van der Waals surface area contributed by atoms with Gasteiger partial charge in [0.05, 0.1) is 5.02 Å². The third-order valence-electron chi connectivity index (χ3n) is 5.74. The Morgan fingerprint density at radius 2 is 1.70 bits per heavy atom. The minimum Gasteiger partial charge on any atom is -0.349 e. The average Bonchev–Trinajstić information content (AvgIpc) is 3.04. The molecule has 0 unspecified atom stereocenters. The molecule has 144 valence electrons. The first-order chi connectivity index (χ1) is 13.0. The number of hydrogen-bond donors (Lipinski definition) is 1. The van der Waals surface area contributed by atoms with Gasteiger partial charge in [-0.25, -0.2) is 4.39 Å². The summed E-state index contributed by atoms with van der Waals surface area (Å²) in [7, 11) is 0. The van der Waals surface area contributed by atoms with Gasteiger partial charge in [0.1, 0.15) is 11.5 Å². The lowest BCUT2D eigenvalue weighted by molar-refractivity contribution is -0.138. The second-order valence-electron chi connectivity index (χ2n) is 7.46. The monoisotopic (exact) mass is 391 g/mol. The molecule has 1 saturated carbocycles. The molecule has 1 N–H and O–H groups in total. The lowest BCUT2D eigenvalue weighted by Crippen LogP contribution is -2.52. The van der Waals surface area contributed by atoms with Gasteiger partial charge in [0.2, 0.25) is 5.91 Å². The molecule has 2 aromatic rings. The highest BCUT2D eigenvalue weighted by molar-refractivity contribution is 6.38. The van der Waals surface area contributed by atoms with Crippen LogP contribution in [0.25, 0.3) is 10.9 Å². The molecule has 0 atom stereocenters. The first kappa shape index (κ1) is 18.3. The zero-order valence-electron chi connectivity index (χ0n) is 15.1. The van der Waals surface area contributed by atoms with Gasteiger partial charge in [0.15, 0.2) is 0 Å². The molecular weight excluding hydrogens is 369 g/mol. The summed E-state index contributed by atoms with van der Waals surface area (Å²) in [6.45, 7) is 2.07. The van der Waals surface area contributed by atoms with E-state index in [4.69, 9.17) is 11.6 Å². The summed E-state index contributed by atoms with van der Waals surface area (Å²) >= 11 is 6.31. The van der Waals surface area contributed by atoms with Crippen LogP contribution in [0.3, 0.4) is 0 Å². The summed E-state index contributed by atoms with van der Waals surface area (Å²) in [6.07, 6.45) is 5.46. The molecule has 7 heteroatoms. The summed E-state index contributed by atoms with van der Waals surface area (Å²) in [5.41, 5.74) is 0.917. The Labute approximate surface area is 162 Å². The molecule has 1 aliphatic heterocycles. The number of benzene rings is 1. The van der Waals surface area contributed by atoms with Crippen LogP contribution in [0.2, 0.25) is 5.02 Å². The number of piperazine rings is 1. The fourth-order valence-corrected chi connectivity index (χ4v) is 4.46. The van der Waals surface area contributed by atoms with Crippen molar-refractivity contribution >= 4 is 34.3 Å². The Kier molecular flexibility index (Phi) is 5.08. The predicted molar refractivity (Wildman–Crippen MR) is 102 cm³/mol. The smallest absolute Gasteiger partial charge is 0.271 e. The van der Waals surface area contributed by atoms with Crippen molar-refractivity contribution in [1.82, 2.24) is 14.8 Å².